The molecular formula is C28H31F2N3O4S. The van der Waals surface area contributed by atoms with Gasteiger partial charge in [-0.3, -0.25) is 4.79 Å². The highest BCUT2D eigenvalue weighted by molar-refractivity contribution is 7.89. The van der Waals surface area contributed by atoms with Gasteiger partial charge in [0, 0.05) is 38.3 Å². The van der Waals surface area contributed by atoms with Gasteiger partial charge in [0.15, 0.2) is 0 Å². The summed E-state index contributed by atoms with van der Waals surface area (Å²) in [6.07, 6.45) is -0.198. The molecule has 0 aliphatic carbocycles. The number of carbonyl (C=O) groups excluding carboxylic acids is 1. The number of nitrogens with one attached hydrogen (secondary N) is 2. The number of sulfonamides is 1. The summed E-state index contributed by atoms with van der Waals surface area (Å²) >= 11 is 0. The first kappa shape index (κ1) is 27.8. The fourth-order valence-corrected chi connectivity index (χ4v) is 5.91. The van der Waals surface area contributed by atoms with Gasteiger partial charge < -0.3 is 15.7 Å². The van der Waals surface area contributed by atoms with Gasteiger partial charge in [-0.2, -0.15) is 4.31 Å². The van der Waals surface area contributed by atoms with Gasteiger partial charge in [0.2, 0.25) is 10.0 Å². The van der Waals surface area contributed by atoms with Crippen molar-refractivity contribution in [3.63, 3.8) is 0 Å². The van der Waals surface area contributed by atoms with Crippen LogP contribution < -0.4 is 10.6 Å². The van der Waals surface area contributed by atoms with E-state index in [1.165, 1.54) is 35.1 Å². The molecule has 1 aliphatic heterocycles. The summed E-state index contributed by atoms with van der Waals surface area (Å²) < 4.78 is 53.6. The smallest absolute Gasteiger partial charge is 0.251 e. The lowest BCUT2D eigenvalue weighted by Crippen LogP contribution is -2.48. The maximum atomic E-state index is 13.8. The highest BCUT2D eigenvalue weighted by Gasteiger charge is 2.32. The van der Waals surface area contributed by atoms with E-state index in [-0.39, 0.29) is 35.5 Å². The van der Waals surface area contributed by atoms with E-state index >= 15 is 0 Å². The van der Waals surface area contributed by atoms with E-state index in [1.54, 1.807) is 0 Å². The molecule has 2 atom stereocenters. The van der Waals surface area contributed by atoms with E-state index in [1.807, 2.05) is 18.2 Å². The number of rotatable bonds is 10. The lowest BCUT2D eigenvalue weighted by Gasteiger charge is -2.25. The first-order chi connectivity index (χ1) is 18.1. The Morgan fingerprint density at radius 1 is 1.03 bits per heavy atom. The molecule has 0 radical (unpaired) electrons. The molecule has 0 spiro atoms. The maximum absolute atomic E-state index is 13.8. The number of aliphatic hydroxyl groups is 1. The van der Waals surface area contributed by atoms with Gasteiger partial charge in [0.1, 0.15) is 11.6 Å². The summed E-state index contributed by atoms with van der Waals surface area (Å²) in [5.74, 6) is -2.04. The Bertz CT molecular complexity index is 1410. The molecule has 7 nitrogen and oxygen atoms in total. The minimum absolute atomic E-state index is 0.0172. The van der Waals surface area contributed by atoms with Crippen molar-refractivity contribution in [2.45, 2.75) is 49.9 Å². The number of carbonyl (C=O) groups is 1. The molecular weight excluding hydrogens is 512 g/mol. The molecule has 38 heavy (non-hydrogen) atoms. The summed E-state index contributed by atoms with van der Waals surface area (Å²) in [5, 5.41) is 16.9. The van der Waals surface area contributed by atoms with Crippen molar-refractivity contribution in [2.24, 2.45) is 0 Å². The SMILES string of the molecule is CCc1cccc(CNC[C@@H](O)[C@H](Cc2cc(F)cc(F)c2)NC(=O)c2ccc3c(c2)CN(C)S3(=O)=O)c1. The molecule has 10 heteroatoms. The van der Waals surface area contributed by atoms with E-state index in [9.17, 15) is 27.1 Å². The Morgan fingerprint density at radius 2 is 1.74 bits per heavy atom. The fourth-order valence-electron chi connectivity index (χ4n) is 4.57. The minimum atomic E-state index is -3.57. The Hall–Kier alpha value is -3.18. The van der Waals surface area contributed by atoms with E-state index in [0.717, 1.165) is 30.2 Å². The molecule has 4 rings (SSSR count). The van der Waals surface area contributed by atoms with Crippen LogP contribution in [0.15, 0.2) is 65.6 Å². The van der Waals surface area contributed by atoms with Crippen LogP contribution in [0.4, 0.5) is 8.78 Å². The molecule has 0 saturated carbocycles. The fraction of sp³-hybridized carbons (Fsp3) is 0.321. The molecule has 3 aromatic carbocycles. The minimum Gasteiger partial charge on any atom is -0.390 e. The predicted octanol–water partition coefficient (Wildman–Crippen LogP) is 3.15. The van der Waals surface area contributed by atoms with Gasteiger partial charge in [-0.1, -0.05) is 31.2 Å². The lowest BCUT2D eigenvalue weighted by atomic mass is 9.99. The van der Waals surface area contributed by atoms with Gasteiger partial charge in [-0.25, -0.2) is 17.2 Å². The summed E-state index contributed by atoms with van der Waals surface area (Å²) in [6, 6.07) is 14.6. The van der Waals surface area contributed by atoms with Crippen LogP contribution in [0.1, 0.15) is 39.5 Å². The maximum Gasteiger partial charge on any atom is 0.251 e. The van der Waals surface area contributed by atoms with Crippen molar-refractivity contribution in [1.82, 2.24) is 14.9 Å². The first-order valence-electron chi connectivity index (χ1n) is 12.4. The van der Waals surface area contributed by atoms with Crippen molar-refractivity contribution in [1.29, 1.82) is 0 Å². The monoisotopic (exact) mass is 543 g/mol. The standard InChI is InChI=1S/C28H31F2N3O4S/c1-3-18-5-4-6-19(9-18)15-31-16-26(34)25(12-20-10-23(29)14-24(30)11-20)32-28(35)21-7-8-27-22(13-21)17-33(2)38(27,36)37/h4-11,13-14,25-26,31,34H,3,12,15-17H2,1-2H3,(H,32,35)/t25-,26+/m0/s1. The Labute approximate surface area is 221 Å². The molecule has 1 amide bonds. The van der Waals surface area contributed by atoms with E-state index < -0.39 is 39.7 Å². The van der Waals surface area contributed by atoms with Crippen molar-refractivity contribution in [2.75, 3.05) is 13.6 Å². The van der Waals surface area contributed by atoms with Crippen LogP contribution in [0.3, 0.4) is 0 Å². The van der Waals surface area contributed by atoms with Crippen molar-refractivity contribution >= 4 is 15.9 Å². The number of benzene rings is 3. The molecule has 0 bridgehead atoms. The third kappa shape index (κ3) is 6.44. The molecule has 0 fully saturated rings. The summed E-state index contributed by atoms with van der Waals surface area (Å²) in [4.78, 5) is 13.3. The number of hydrogen-bond donors (Lipinski definition) is 3. The number of amides is 1. The van der Waals surface area contributed by atoms with Crippen molar-refractivity contribution in [3.8, 4) is 0 Å². The van der Waals surface area contributed by atoms with Crippen LogP contribution in [0, 0.1) is 11.6 Å². The zero-order chi connectivity index (χ0) is 27.4. The summed E-state index contributed by atoms with van der Waals surface area (Å²) in [7, 11) is -2.10. The number of aliphatic hydroxyl groups excluding tert-OH is 1. The Balaban J connectivity index is 1.49. The molecule has 202 valence electrons. The number of fused-ring (bicyclic) bond motifs is 1. The van der Waals surface area contributed by atoms with E-state index in [4.69, 9.17) is 0 Å². The predicted molar refractivity (Wildman–Crippen MR) is 140 cm³/mol. The average molecular weight is 544 g/mol. The van der Waals surface area contributed by atoms with E-state index in [0.29, 0.717) is 12.1 Å². The number of halogens is 2. The van der Waals surface area contributed by atoms with Crippen LogP contribution in [0.25, 0.3) is 0 Å². The number of hydrogen-bond acceptors (Lipinski definition) is 5. The Morgan fingerprint density at radius 3 is 2.45 bits per heavy atom. The van der Waals surface area contributed by atoms with Crippen LogP contribution in [-0.2, 0) is 36.0 Å². The zero-order valence-electron chi connectivity index (χ0n) is 21.2. The summed E-state index contributed by atoms with van der Waals surface area (Å²) in [6.45, 7) is 2.83. The first-order valence-corrected chi connectivity index (χ1v) is 13.8. The second-order valence-electron chi connectivity index (χ2n) is 9.52. The molecule has 3 N–H and O–H groups in total. The van der Waals surface area contributed by atoms with Crippen LogP contribution in [-0.4, -0.2) is 49.5 Å². The van der Waals surface area contributed by atoms with Crippen LogP contribution >= 0.6 is 0 Å². The van der Waals surface area contributed by atoms with Gasteiger partial charge >= 0.3 is 0 Å². The third-order valence-electron chi connectivity index (χ3n) is 6.65. The second kappa shape index (κ2) is 11.7. The van der Waals surface area contributed by atoms with Crippen molar-refractivity contribution in [3.05, 3.63) is 100 Å². The van der Waals surface area contributed by atoms with Gasteiger partial charge in [0.05, 0.1) is 17.0 Å². The largest absolute Gasteiger partial charge is 0.390 e. The van der Waals surface area contributed by atoms with Crippen molar-refractivity contribution < 1.29 is 27.1 Å². The molecule has 3 aromatic rings. The summed E-state index contributed by atoms with van der Waals surface area (Å²) in [5.41, 5.74) is 3.24. The van der Waals surface area contributed by atoms with Gasteiger partial charge in [0.25, 0.3) is 5.91 Å². The molecule has 1 heterocycles. The average Bonchev–Trinajstić information content (AvgIpc) is 3.10. The topological polar surface area (TPSA) is 98.7 Å². The molecule has 1 aliphatic rings. The van der Waals surface area contributed by atoms with E-state index in [2.05, 4.69) is 23.6 Å². The lowest BCUT2D eigenvalue weighted by molar-refractivity contribution is 0.0829. The highest BCUT2D eigenvalue weighted by atomic mass is 32.2. The number of aryl methyl sites for hydroxylation is 1. The second-order valence-corrected chi connectivity index (χ2v) is 11.5. The molecule has 0 aromatic heterocycles. The van der Waals surface area contributed by atoms with Crippen LogP contribution in [0.5, 0.6) is 0 Å². The third-order valence-corrected chi connectivity index (χ3v) is 8.55. The quantitative estimate of drug-likeness (QED) is 0.365. The molecule has 0 saturated heterocycles. The van der Waals surface area contributed by atoms with Gasteiger partial charge in [-0.05, 0) is 65.4 Å². The van der Waals surface area contributed by atoms with Crippen LogP contribution in [0.2, 0.25) is 0 Å². The molecule has 0 unspecified atom stereocenters. The normalized spacial score (nSPS) is 16.1. The number of nitrogens with zero attached hydrogens (tertiary/aromatic N) is 1. The van der Waals surface area contributed by atoms with Gasteiger partial charge in [-0.15, -0.1) is 0 Å². The Kier molecular flexibility index (Phi) is 8.57. The highest BCUT2D eigenvalue weighted by Crippen LogP contribution is 2.29. The zero-order valence-corrected chi connectivity index (χ0v) is 22.1.